The lowest BCUT2D eigenvalue weighted by Crippen LogP contribution is -2.05. The molecular formula is C15H18O. The Labute approximate surface area is 97.1 Å². The number of benzene rings is 2. The van der Waals surface area contributed by atoms with Crippen molar-refractivity contribution in [2.45, 2.75) is 33.3 Å². The molecule has 16 heavy (non-hydrogen) atoms. The van der Waals surface area contributed by atoms with Gasteiger partial charge < -0.3 is 4.74 Å². The van der Waals surface area contributed by atoms with Crippen LogP contribution in [0.4, 0.5) is 0 Å². The van der Waals surface area contributed by atoms with Crippen LogP contribution in [-0.2, 0) is 6.42 Å². The maximum absolute atomic E-state index is 5.83. The van der Waals surface area contributed by atoms with E-state index < -0.39 is 0 Å². The van der Waals surface area contributed by atoms with E-state index >= 15 is 0 Å². The Kier molecular flexibility index (Phi) is 3.14. The van der Waals surface area contributed by atoms with Gasteiger partial charge in [-0.3, -0.25) is 0 Å². The molecule has 1 heteroatoms. The molecule has 0 unspecified atom stereocenters. The average molecular weight is 214 g/mol. The van der Waals surface area contributed by atoms with E-state index in [1.807, 2.05) is 6.07 Å². The third kappa shape index (κ3) is 2.04. The summed E-state index contributed by atoms with van der Waals surface area (Å²) in [4.78, 5) is 0. The van der Waals surface area contributed by atoms with Gasteiger partial charge in [-0.1, -0.05) is 37.3 Å². The van der Waals surface area contributed by atoms with E-state index in [-0.39, 0.29) is 6.10 Å². The van der Waals surface area contributed by atoms with E-state index in [9.17, 15) is 0 Å². The minimum absolute atomic E-state index is 0.218. The molecule has 0 aliphatic heterocycles. The topological polar surface area (TPSA) is 9.23 Å². The van der Waals surface area contributed by atoms with Crippen LogP contribution in [0.2, 0.25) is 0 Å². The van der Waals surface area contributed by atoms with Gasteiger partial charge in [-0.25, -0.2) is 0 Å². The molecule has 0 N–H and O–H groups in total. The Balaban J connectivity index is 2.59. The van der Waals surface area contributed by atoms with Crippen LogP contribution in [0, 0.1) is 0 Å². The fourth-order valence-corrected chi connectivity index (χ4v) is 2.01. The molecule has 0 radical (unpaired) electrons. The lowest BCUT2D eigenvalue weighted by atomic mass is 10.0. The van der Waals surface area contributed by atoms with Crippen LogP contribution < -0.4 is 4.74 Å². The van der Waals surface area contributed by atoms with Crippen LogP contribution >= 0.6 is 0 Å². The van der Waals surface area contributed by atoms with Crippen LogP contribution in [-0.4, -0.2) is 6.10 Å². The van der Waals surface area contributed by atoms with Crippen molar-refractivity contribution in [3.63, 3.8) is 0 Å². The van der Waals surface area contributed by atoms with Crippen molar-refractivity contribution >= 4 is 10.8 Å². The standard InChI is InChI=1S/C15H18O/c1-4-12-7-5-9-14-13(12)8-6-10-15(14)16-11(2)3/h5-11H,4H2,1-3H3. The average Bonchev–Trinajstić information content (AvgIpc) is 2.28. The van der Waals surface area contributed by atoms with E-state index in [1.54, 1.807) is 0 Å². The largest absolute Gasteiger partial charge is 0.490 e. The minimum atomic E-state index is 0.218. The van der Waals surface area contributed by atoms with E-state index in [0.717, 1.165) is 12.2 Å². The first-order chi connectivity index (χ1) is 7.72. The fraction of sp³-hybridized carbons (Fsp3) is 0.333. The van der Waals surface area contributed by atoms with Crippen molar-refractivity contribution in [3.8, 4) is 5.75 Å². The molecule has 0 atom stereocenters. The number of fused-ring (bicyclic) bond motifs is 1. The predicted octanol–water partition coefficient (Wildman–Crippen LogP) is 4.19. The molecule has 0 aromatic heterocycles. The summed E-state index contributed by atoms with van der Waals surface area (Å²) in [5, 5.41) is 2.53. The van der Waals surface area contributed by atoms with Gasteiger partial charge in [0.2, 0.25) is 0 Å². The molecule has 0 heterocycles. The Bertz CT molecular complexity index is 486. The van der Waals surface area contributed by atoms with Gasteiger partial charge in [0.25, 0.3) is 0 Å². The van der Waals surface area contributed by atoms with Gasteiger partial charge in [0.15, 0.2) is 0 Å². The van der Waals surface area contributed by atoms with Crippen molar-refractivity contribution in [1.29, 1.82) is 0 Å². The number of rotatable bonds is 3. The molecule has 0 saturated heterocycles. The number of ether oxygens (including phenoxy) is 1. The Morgan fingerprint density at radius 1 is 1.00 bits per heavy atom. The third-order valence-electron chi connectivity index (χ3n) is 2.72. The highest BCUT2D eigenvalue weighted by atomic mass is 16.5. The number of hydrogen-bond acceptors (Lipinski definition) is 1. The summed E-state index contributed by atoms with van der Waals surface area (Å²) >= 11 is 0. The molecule has 1 nitrogen and oxygen atoms in total. The first-order valence-corrected chi connectivity index (χ1v) is 5.89. The van der Waals surface area contributed by atoms with Crippen LogP contribution in [0.1, 0.15) is 26.3 Å². The zero-order valence-corrected chi connectivity index (χ0v) is 10.2. The fourth-order valence-electron chi connectivity index (χ4n) is 2.01. The maximum Gasteiger partial charge on any atom is 0.127 e. The van der Waals surface area contributed by atoms with Gasteiger partial charge in [0.05, 0.1) is 6.10 Å². The van der Waals surface area contributed by atoms with Crippen LogP contribution in [0.3, 0.4) is 0 Å². The molecule has 84 valence electrons. The normalized spacial score (nSPS) is 11.0. The zero-order chi connectivity index (χ0) is 11.5. The molecule has 0 spiro atoms. The van der Waals surface area contributed by atoms with E-state index in [0.29, 0.717) is 0 Å². The second-order valence-electron chi connectivity index (χ2n) is 4.29. The molecule has 0 aliphatic rings. The highest BCUT2D eigenvalue weighted by molar-refractivity contribution is 5.90. The Hall–Kier alpha value is -1.50. The van der Waals surface area contributed by atoms with Gasteiger partial charge in [0.1, 0.15) is 5.75 Å². The molecular weight excluding hydrogens is 196 g/mol. The van der Waals surface area contributed by atoms with Crippen LogP contribution in [0.15, 0.2) is 36.4 Å². The van der Waals surface area contributed by atoms with Crippen molar-refractivity contribution in [2.24, 2.45) is 0 Å². The second-order valence-corrected chi connectivity index (χ2v) is 4.29. The van der Waals surface area contributed by atoms with E-state index in [2.05, 4.69) is 51.1 Å². The smallest absolute Gasteiger partial charge is 0.127 e. The van der Waals surface area contributed by atoms with Gasteiger partial charge in [0, 0.05) is 5.39 Å². The predicted molar refractivity (Wildman–Crippen MR) is 69.1 cm³/mol. The number of aryl methyl sites for hydroxylation is 1. The summed E-state index contributed by atoms with van der Waals surface area (Å²) in [5.41, 5.74) is 1.38. The van der Waals surface area contributed by atoms with Crippen molar-refractivity contribution in [2.75, 3.05) is 0 Å². The Morgan fingerprint density at radius 2 is 1.69 bits per heavy atom. The molecule has 2 aromatic rings. The highest BCUT2D eigenvalue weighted by Gasteiger charge is 2.05. The monoisotopic (exact) mass is 214 g/mol. The summed E-state index contributed by atoms with van der Waals surface area (Å²) in [6.07, 6.45) is 1.28. The Morgan fingerprint density at radius 3 is 2.38 bits per heavy atom. The first kappa shape index (κ1) is 11.0. The summed E-state index contributed by atoms with van der Waals surface area (Å²) in [6, 6.07) is 12.7. The highest BCUT2D eigenvalue weighted by Crippen LogP contribution is 2.28. The molecule has 0 aliphatic carbocycles. The van der Waals surface area contributed by atoms with E-state index in [4.69, 9.17) is 4.74 Å². The molecule has 0 bridgehead atoms. The van der Waals surface area contributed by atoms with Crippen LogP contribution in [0.5, 0.6) is 5.75 Å². The molecule has 2 rings (SSSR count). The number of hydrogen-bond donors (Lipinski definition) is 0. The summed E-state index contributed by atoms with van der Waals surface area (Å²) < 4.78 is 5.83. The minimum Gasteiger partial charge on any atom is -0.490 e. The lowest BCUT2D eigenvalue weighted by molar-refractivity contribution is 0.245. The first-order valence-electron chi connectivity index (χ1n) is 5.89. The second kappa shape index (κ2) is 4.56. The third-order valence-corrected chi connectivity index (χ3v) is 2.72. The van der Waals surface area contributed by atoms with Crippen LogP contribution in [0.25, 0.3) is 10.8 Å². The van der Waals surface area contributed by atoms with Crippen molar-refractivity contribution < 1.29 is 4.74 Å². The van der Waals surface area contributed by atoms with Crippen molar-refractivity contribution in [3.05, 3.63) is 42.0 Å². The van der Waals surface area contributed by atoms with Gasteiger partial charge >= 0.3 is 0 Å². The van der Waals surface area contributed by atoms with Gasteiger partial charge in [-0.2, -0.15) is 0 Å². The summed E-state index contributed by atoms with van der Waals surface area (Å²) in [7, 11) is 0. The molecule has 0 fully saturated rings. The van der Waals surface area contributed by atoms with Crippen molar-refractivity contribution in [1.82, 2.24) is 0 Å². The molecule has 0 saturated carbocycles. The van der Waals surface area contributed by atoms with Gasteiger partial charge in [-0.15, -0.1) is 0 Å². The molecule has 2 aromatic carbocycles. The lowest BCUT2D eigenvalue weighted by Gasteiger charge is -2.13. The summed E-state index contributed by atoms with van der Waals surface area (Å²) in [5.74, 6) is 0.989. The van der Waals surface area contributed by atoms with E-state index in [1.165, 1.54) is 16.3 Å². The van der Waals surface area contributed by atoms with Gasteiger partial charge in [-0.05, 0) is 37.3 Å². The molecule has 0 amide bonds. The quantitative estimate of drug-likeness (QED) is 0.744. The SMILES string of the molecule is CCc1cccc2c(OC(C)C)cccc12. The summed E-state index contributed by atoms with van der Waals surface area (Å²) in [6.45, 7) is 6.30. The maximum atomic E-state index is 5.83. The zero-order valence-electron chi connectivity index (χ0n) is 10.2.